The molecular weight excluding hydrogens is 484 g/mol. The van der Waals surface area contributed by atoms with Gasteiger partial charge in [-0.3, -0.25) is 19.2 Å². The van der Waals surface area contributed by atoms with Gasteiger partial charge in [0.25, 0.3) is 10.0 Å². The predicted octanol–water partition coefficient (Wildman–Crippen LogP) is 3.20. The van der Waals surface area contributed by atoms with Crippen LogP contribution < -0.4 is 9.62 Å². The standard InChI is InChI=1S/C21H22N4O5S3/c1-3-15-9-11-16(12-10-15)25(33(28,29)17-7-5-4-6-8-17)13-18(26)22-20-23-24-21(32-20)31-14-19(27)30-2/h4-12H,3,13-14H2,1-2H3,(H,22,23,26). The van der Waals surface area contributed by atoms with Crippen LogP contribution in [0.25, 0.3) is 0 Å². The second kappa shape index (κ2) is 11.3. The van der Waals surface area contributed by atoms with Crippen molar-refractivity contribution in [2.24, 2.45) is 0 Å². The number of thioether (sulfide) groups is 1. The first kappa shape index (κ1) is 24.7. The Labute approximate surface area is 200 Å². The van der Waals surface area contributed by atoms with Gasteiger partial charge in [-0.1, -0.05) is 60.4 Å². The molecule has 1 heterocycles. The van der Waals surface area contributed by atoms with E-state index in [-0.39, 0.29) is 15.8 Å². The summed E-state index contributed by atoms with van der Waals surface area (Å²) in [5, 5.41) is 10.6. The lowest BCUT2D eigenvalue weighted by Crippen LogP contribution is -2.38. The Morgan fingerprint density at radius 1 is 1.09 bits per heavy atom. The summed E-state index contributed by atoms with van der Waals surface area (Å²) in [7, 11) is -2.70. The number of aromatic nitrogens is 2. The maximum absolute atomic E-state index is 13.3. The summed E-state index contributed by atoms with van der Waals surface area (Å²) in [6.07, 6.45) is 0.805. The minimum atomic E-state index is -3.99. The quantitative estimate of drug-likeness (QED) is 0.253. The average Bonchev–Trinajstić information content (AvgIpc) is 3.28. The highest BCUT2D eigenvalue weighted by Crippen LogP contribution is 2.27. The van der Waals surface area contributed by atoms with Gasteiger partial charge in [0.1, 0.15) is 6.54 Å². The summed E-state index contributed by atoms with van der Waals surface area (Å²) in [5.74, 6) is -0.915. The molecule has 0 unspecified atom stereocenters. The van der Waals surface area contributed by atoms with Crippen molar-refractivity contribution in [3.63, 3.8) is 0 Å². The maximum atomic E-state index is 13.3. The molecule has 9 nitrogen and oxygen atoms in total. The number of hydrogen-bond donors (Lipinski definition) is 1. The summed E-state index contributed by atoms with van der Waals surface area (Å²) in [5.41, 5.74) is 1.42. The molecule has 1 N–H and O–H groups in total. The Balaban J connectivity index is 1.79. The van der Waals surface area contributed by atoms with Gasteiger partial charge >= 0.3 is 5.97 Å². The van der Waals surface area contributed by atoms with Gasteiger partial charge in [0.05, 0.1) is 23.4 Å². The average molecular weight is 507 g/mol. The van der Waals surface area contributed by atoms with Gasteiger partial charge in [0, 0.05) is 0 Å². The van der Waals surface area contributed by atoms with Crippen LogP contribution >= 0.6 is 23.1 Å². The third-order valence-electron chi connectivity index (χ3n) is 4.44. The van der Waals surface area contributed by atoms with Crippen molar-refractivity contribution in [1.82, 2.24) is 10.2 Å². The number of hydrogen-bond acceptors (Lipinski definition) is 9. The van der Waals surface area contributed by atoms with E-state index in [0.717, 1.165) is 39.4 Å². The van der Waals surface area contributed by atoms with E-state index in [1.165, 1.54) is 19.2 Å². The number of aryl methyl sites for hydroxylation is 1. The number of esters is 1. The van der Waals surface area contributed by atoms with Crippen molar-refractivity contribution in [3.05, 3.63) is 60.2 Å². The van der Waals surface area contributed by atoms with E-state index in [1.54, 1.807) is 30.3 Å². The molecule has 0 aliphatic carbocycles. The van der Waals surface area contributed by atoms with E-state index in [4.69, 9.17) is 0 Å². The van der Waals surface area contributed by atoms with Gasteiger partial charge in [-0.05, 0) is 36.2 Å². The Hall–Kier alpha value is -2.96. The minimum absolute atomic E-state index is 0.0654. The number of anilines is 2. The molecule has 2 aromatic carbocycles. The van der Waals surface area contributed by atoms with Gasteiger partial charge in [0.15, 0.2) is 4.34 Å². The first-order chi connectivity index (χ1) is 15.8. The van der Waals surface area contributed by atoms with Gasteiger partial charge in [-0.2, -0.15) is 0 Å². The zero-order chi connectivity index (χ0) is 23.8. The fourth-order valence-corrected chi connectivity index (χ4v) is 5.76. The van der Waals surface area contributed by atoms with Crippen molar-refractivity contribution >= 4 is 55.8 Å². The molecule has 0 saturated heterocycles. The van der Waals surface area contributed by atoms with E-state index in [1.807, 2.05) is 19.1 Å². The Morgan fingerprint density at radius 3 is 2.42 bits per heavy atom. The molecule has 0 bridgehead atoms. The smallest absolute Gasteiger partial charge is 0.316 e. The SMILES string of the molecule is CCc1ccc(N(CC(=O)Nc2nnc(SCC(=O)OC)s2)S(=O)(=O)c2ccccc2)cc1. The molecule has 0 saturated carbocycles. The lowest BCUT2D eigenvalue weighted by atomic mass is 10.1. The second-order valence-corrected chi connectivity index (χ2v) is 10.7. The molecule has 1 aromatic heterocycles. The van der Waals surface area contributed by atoms with Crippen LogP contribution in [0.1, 0.15) is 12.5 Å². The number of nitrogens with zero attached hydrogens (tertiary/aromatic N) is 3. The summed E-state index contributed by atoms with van der Waals surface area (Å²) < 4.78 is 32.8. The molecule has 3 aromatic rings. The topological polar surface area (TPSA) is 119 Å². The summed E-state index contributed by atoms with van der Waals surface area (Å²) in [6.45, 7) is 1.55. The van der Waals surface area contributed by atoms with Gasteiger partial charge in [0.2, 0.25) is 11.0 Å². The number of methoxy groups -OCH3 is 1. The van der Waals surface area contributed by atoms with Crippen molar-refractivity contribution in [2.75, 3.05) is 29.0 Å². The molecular formula is C21H22N4O5S3. The lowest BCUT2D eigenvalue weighted by Gasteiger charge is -2.24. The van der Waals surface area contributed by atoms with Gasteiger partial charge < -0.3 is 4.74 Å². The number of nitrogens with one attached hydrogen (secondary N) is 1. The van der Waals surface area contributed by atoms with E-state index < -0.39 is 28.4 Å². The summed E-state index contributed by atoms with van der Waals surface area (Å²) in [4.78, 5) is 24.1. The number of benzene rings is 2. The highest BCUT2D eigenvalue weighted by Gasteiger charge is 2.27. The van der Waals surface area contributed by atoms with Crippen LogP contribution in [0, 0.1) is 0 Å². The van der Waals surface area contributed by atoms with Crippen LogP contribution in [0.2, 0.25) is 0 Å². The highest BCUT2D eigenvalue weighted by atomic mass is 32.2. The predicted molar refractivity (Wildman–Crippen MR) is 128 cm³/mol. The molecule has 0 radical (unpaired) electrons. The van der Waals surface area contributed by atoms with Crippen LogP contribution in [-0.2, 0) is 30.8 Å². The molecule has 0 aliphatic rings. The number of carbonyl (C=O) groups excluding carboxylic acids is 2. The molecule has 0 atom stereocenters. The molecule has 0 spiro atoms. The minimum Gasteiger partial charge on any atom is -0.468 e. The molecule has 12 heteroatoms. The molecule has 33 heavy (non-hydrogen) atoms. The number of amides is 1. The van der Waals surface area contributed by atoms with Gasteiger partial charge in [-0.25, -0.2) is 8.42 Å². The van der Waals surface area contributed by atoms with Crippen LogP contribution in [0.3, 0.4) is 0 Å². The van der Waals surface area contributed by atoms with Crippen LogP contribution in [-0.4, -0.2) is 49.9 Å². The first-order valence-corrected chi connectivity index (χ1v) is 13.1. The highest BCUT2D eigenvalue weighted by molar-refractivity contribution is 8.01. The lowest BCUT2D eigenvalue weighted by molar-refractivity contribution is -0.137. The van der Waals surface area contributed by atoms with E-state index >= 15 is 0 Å². The summed E-state index contributed by atoms with van der Waals surface area (Å²) >= 11 is 2.21. The summed E-state index contributed by atoms with van der Waals surface area (Å²) in [6, 6.07) is 15.0. The van der Waals surface area contributed by atoms with Crippen molar-refractivity contribution in [3.8, 4) is 0 Å². The molecule has 3 rings (SSSR count). The fourth-order valence-electron chi connectivity index (χ4n) is 2.72. The number of ether oxygens (including phenoxy) is 1. The normalized spacial score (nSPS) is 11.1. The largest absolute Gasteiger partial charge is 0.468 e. The first-order valence-electron chi connectivity index (χ1n) is 9.83. The third-order valence-corrected chi connectivity index (χ3v) is 8.18. The van der Waals surface area contributed by atoms with Crippen molar-refractivity contribution in [1.29, 1.82) is 0 Å². The number of carbonyl (C=O) groups is 2. The monoisotopic (exact) mass is 506 g/mol. The molecule has 1 amide bonds. The second-order valence-electron chi connectivity index (χ2n) is 6.63. The van der Waals surface area contributed by atoms with Gasteiger partial charge in [-0.15, -0.1) is 10.2 Å². The Morgan fingerprint density at radius 2 is 1.79 bits per heavy atom. The Kier molecular flexibility index (Phi) is 8.42. The van der Waals surface area contributed by atoms with Crippen LogP contribution in [0.15, 0.2) is 63.8 Å². The Bertz CT molecular complexity index is 1200. The molecule has 0 aliphatic heterocycles. The van der Waals surface area contributed by atoms with E-state index in [2.05, 4.69) is 20.3 Å². The molecule has 0 fully saturated rings. The third kappa shape index (κ3) is 6.53. The van der Waals surface area contributed by atoms with Crippen molar-refractivity contribution < 1.29 is 22.7 Å². The van der Waals surface area contributed by atoms with Crippen LogP contribution in [0.5, 0.6) is 0 Å². The number of rotatable bonds is 10. The zero-order valence-electron chi connectivity index (χ0n) is 17.9. The van der Waals surface area contributed by atoms with E-state index in [0.29, 0.717) is 10.0 Å². The van der Waals surface area contributed by atoms with E-state index in [9.17, 15) is 18.0 Å². The fraction of sp³-hybridized carbons (Fsp3) is 0.238. The maximum Gasteiger partial charge on any atom is 0.316 e. The zero-order valence-corrected chi connectivity index (χ0v) is 20.4. The van der Waals surface area contributed by atoms with Crippen LogP contribution in [0.4, 0.5) is 10.8 Å². The number of sulfonamides is 1. The van der Waals surface area contributed by atoms with Crippen molar-refractivity contribution in [2.45, 2.75) is 22.6 Å². The molecule has 174 valence electrons.